The molecule has 2 saturated heterocycles. The van der Waals surface area contributed by atoms with E-state index in [-0.39, 0.29) is 23.5 Å². The van der Waals surface area contributed by atoms with Gasteiger partial charge >= 0.3 is 16.2 Å². The van der Waals surface area contributed by atoms with Gasteiger partial charge in [0.2, 0.25) is 0 Å². The summed E-state index contributed by atoms with van der Waals surface area (Å²) < 4.78 is 37.7. The summed E-state index contributed by atoms with van der Waals surface area (Å²) in [4.78, 5) is 13.1. The van der Waals surface area contributed by atoms with Crippen molar-refractivity contribution in [2.24, 2.45) is 5.92 Å². The van der Waals surface area contributed by atoms with Crippen molar-refractivity contribution >= 4 is 51.6 Å². The molecule has 47 heavy (non-hydrogen) atoms. The second-order valence-corrected chi connectivity index (χ2v) is 16.6. The highest BCUT2D eigenvalue weighted by atomic mass is 32.2. The molecule has 2 fully saturated rings. The van der Waals surface area contributed by atoms with Gasteiger partial charge in [-0.2, -0.15) is 22.2 Å². The highest BCUT2D eigenvalue weighted by molar-refractivity contribution is 7.87. The van der Waals surface area contributed by atoms with Gasteiger partial charge in [0.25, 0.3) is 0 Å². The Balaban J connectivity index is 0.977. The van der Waals surface area contributed by atoms with Gasteiger partial charge in [-0.05, 0) is 92.4 Å². The number of hydrogen-bond acceptors (Lipinski definition) is 6. The molecule has 0 radical (unpaired) electrons. The molecule has 12 heteroatoms. The molecule has 0 spiro atoms. The van der Waals surface area contributed by atoms with E-state index < -0.39 is 10.2 Å². The van der Waals surface area contributed by atoms with Crippen LogP contribution in [-0.4, -0.2) is 55.8 Å². The number of anilines is 2. The monoisotopic (exact) mass is 671 g/mol. The molecule has 2 atom stereocenters. The van der Waals surface area contributed by atoms with Gasteiger partial charge in [-0.15, -0.1) is 0 Å². The first-order chi connectivity index (χ1) is 22.4. The number of aryl methyl sites for hydroxylation is 1. The van der Waals surface area contributed by atoms with E-state index >= 15 is 0 Å². The van der Waals surface area contributed by atoms with Crippen molar-refractivity contribution < 1.29 is 13.2 Å². The van der Waals surface area contributed by atoms with E-state index in [1.807, 2.05) is 55.5 Å². The number of carbonyl (C=O) groups excluding carboxylic acids is 1. The summed E-state index contributed by atoms with van der Waals surface area (Å²) in [5, 5.41) is 11.6. The van der Waals surface area contributed by atoms with Crippen LogP contribution in [0.5, 0.6) is 0 Å². The summed E-state index contributed by atoms with van der Waals surface area (Å²) in [5.74, 6) is 1.00. The predicted octanol–water partition coefficient (Wildman–Crippen LogP) is 5.14. The van der Waals surface area contributed by atoms with Crippen molar-refractivity contribution in [3.05, 3.63) is 87.4 Å². The Kier molecular flexibility index (Phi) is 8.22. The Morgan fingerprint density at radius 1 is 1.00 bits per heavy atom. The number of hydrogen-bond donors (Lipinski definition) is 2. The predicted molar refractivity (Wildman–Crippen MR) is 187 cm³/mol. The number of carbonyl (C=O) groups is 1. The second-order valence-electron chi connectivity index (χ2n) is 14.0. The largest absolute Gasteiger partial charge is 0.324 e. The van der Waals surface area contributed by atoms with Crippen LogP contribution in [0.1, 0.15) is 63.3 Å². The van der Waals surface area contributed by atoms with Gasteiger partial charge in [-0.3, -0.25) is 9.62 Å². The molecule has 2 aromatic carbocycles. The third-order valence-corrected chi connectivity index (χ3v) is 12.2. The number of aromatic nitrogens is 3. The van der Waals surface area contributed by atoms with Crippen molar-refractivity contribution in [1.82, 2.24) is 22.8 Å². The van der Waals surface area contributed by atoms with Crippen LogP contribution in [-0.2, 0) is 22.0 Å². The van der Waals surface area contributed by atoms with Gasteiger partial charge in [0, 0.05) is 40.7 Å². The van der Waals surface area contributed by atoms with Crippen LogP contribution in [0, 0.1) is 12.8 Å². The Hall–Kier alpha value is -4.00. The average Bonchev–Trinajstić information content (AvgIpc) is 3.74. The van der Waals surface area contributed by atoms with Crippen LogP contribution < -0.4 is 20.4 Å². The molecule has 7 rings (SSSR count). The molecular weight excluding hydrogens is 631 g/mol. The summed E-state index contributed by atoms with van der Waals surface area (Å²) in [6.45, 7) is 8.69. The Bertz CT molecular complexity index is 2000. The molecular formula is C35H41N7O3S2. The van der Waals surface area contributed by atoms with Gasteiger partial charge in [-0.1, -0.05) is 50.6 Å². The number of fused-ring (bicyclic) bond motifs is 3. The van der Waals surface area contributed by atoms with E-state index in [0.717, 1.165) is 58.8 Å². The van der Waals surface area contributed by atoms with Gasteiger partial charge in [0.15, 0.2) is 0 Å². The first kappa shape index (κ1) is 31.6. The molecule has 0 saturated carbocycles. The number of amides is 2. The molecule has 5 heterocycles. The molecule has 3 aliphatic heterocycles. The van der Waals surface area contributed by atoms with Gasteiger partial charge in [0.1, 0.15) is 5.82 Å². The molecule has 246 valence electrons. The van der Waals surface area contributed by atoms with E-state index in [9.17, 15) is 13.2 Å². The quantitative estimate of drug-likeness (QED) is 0.283. The topological polar surface area (TPSA) is 112 Å². The fourth-order valence-corrected chi connectivity index (χ4v) is 9.54. The number of rotatable bonds is 7. The molecule has 2 N–H and O–H groups in total. The van der Waals surface area contributed by atoms with Crippen molar-refractivity contribution in [3.8, 4) is 5.69 Å². The molecule has 0 aliphatic carbocycles. The standard InChI is InChI=1S/C35H41N7O3S2/c1-23-5-11-28(12-6-23)41-33(20-32(39-41)35(2,3)4)38-34(43)37-27-9-7-24(8-10-27)17-25-18-29-13-14-30(19-25)42(29)47(44,45)40-16-15-31-26(22-40)21-36-46-31/h5-12,15,20-22,25,29-30H,13-14,16-19H2,1-4H3,(H2,37,38,43). The fourth-order valence-electron chi connectivity index (χ4n) is 7.02. The lowest BCUT2D eigenvalue weighted by Crippen LogP contribution is -2.52. The molecule has 3 aliphatic rings. The van der Waals surface area contributed by atoms with Crippen LogP contribution in [0.15, 0.2) is 60.8 Å². The number of benzene rings is 2. The average molecular weight is 672 g/mol. The van der Waals surface area contributed by atoms with Gasteiger partial charge in [-0.25, -0.2) is 9.48 Å². The number of urea groups is 1. The summed E-state index contributed by atoms with van der Waals surface area (Å²) >= 11 is 1.39. The Labute approximate surface area is 280 Å². The van der Waals surface area contributed by atoms with Crippen molar-refractivity contribution in [3.63, 3.8) is 0 Å². The lowest BCUT2D eigenvalue weighted by molar-refractivity contribution is 0.183. The third-order valence-electron chi connectivity index (χ3n) is 9.43. The van der Waals surface area contributed by atoms with Crippen molar-refractivity contribution in [2.45, 2.75) is 77.3 Å². The van der Waals surface area contributed by atoms with Crippen LogP contribution in [0.25, 0.3) is 18.0 Å². The van der Waals surface area contributed by atoms with E-state index in [1.54, 1.807) is 21.4 Å². The molecule has 2 aromatic heterocycles. The zero-order chi connectivity index (χ0) is 32.9. The zero-order valence-corrected chi connectivity index (χ0v) is 28.8. The first-order valence-corrected chi connectivity index (χ1v) is 18.4. The third kappa shape index (κ3) is 6.46. The molecule has 2 bridgehead atoms. The van der Waals surface area contributed by atoms with Gasteiger partial charge < -0.3 is 5.32 Å². The van der Waals surface area contributed by atoms with Crippen molar-refractivity contribution in [2.75, 3.05) is 17.2 Å². The van der Waals surface area contributed by atoms with Gasteiger partial charge in [0.05, 0.1) is 28.7 Å². The highest BCUT2D eigenvalue weighted by Crippen LogP contribution is 2.42. The second kappa shape index (κ2) is 12.2. The molecule has 2 amide bonds. The van der Waals surface area contributed by atoms with Crippen molar-refractivity contribution in [1.29, 1.82) is 0 Å². The van der Waals surface area contributed by atoms with E-state index in [1.165, 1.54) is 21.4 Å². The summed E-state index contributed by atoms with van der Waals surface area (Å²) in [5.41, 5.74) is 4.61. The fraction of sp³-hybridized carbons (Fsp3) is 0.400. The lowest BCUT2D eigenvalue weighted by Gasteiger charge is -2.40. The minimum atomic E-state index is -3.60. The maximum absolute atomic E-state index is 13.7. The van der Waals surface area contributed by atoms with E-state index in [0.29, 0.717) is 24.0 Å². The minimum Gasteiger partial charge on any atom is -0.308 e. The minimum absolute atomic E-state index is 0.0240. The smallest absolute Gasteiger partial charge is 0.308 e. The normalized spacial score (nSPS) is 21.1. The lowest BCUT2D eigenvalue weighted by atomic mass is 9.87. The molecule has 2 unspecified atom stereocenters. The van der Waals surface area contributed by atoms with E-state index in [2.05, 4.69) is 47.9 Å². The Morgan fingerprint density at radius 3 is 2.38 bits per heavy atom. The maximum Gasteiger partial charge on any atom is 0.324 e. The molecule has 10 nitrogen and oxygen atoms in total. The van der Waals surface area contributed by atoms with Crippen LogP contribution in [0.2, 0.25) is 0 Å². The maximum atomic E-state index is 13.7. The molecule has 4 aromatic rings. The first-order valence-electron chi connectivity index (χ1n) is 16.2. The number of piperidine rings is 1. The summed E-state index contributed by atoms with van der Waals surface area (Å²) in [6, 6.07) is 17.6. The van der Waals surface area contributed by atoms with Crippen LogP contribution >= 0.6 is 11.5 Å². The highest BCUT2D eigenvalue weighted by Gasteiger charge is 2.48. The number of nitrogens with zero attached hydrogens (tertiary/aromatic N) is 5. The van der Waals surface area contributed by atoms with Crippen LogP contribution in [0.4, 0.5) is 16.3 Å². The van der Waals surface area contributed by atoms with E-state index in [4.69, 9.17) is 5.10 Å². The SMILES string of the molecule is Cc1ccc(-n2nc(C(C)(C)C)cc2NC(=O)Nc2ccc(CC3CC4CCC(C3)N4S(=O)(=O)N3C=c4cnsc4=CC3)cc2)cc1. The van der Waals surface area contributed by atoms with Crippen LogP contribution in [0.3, 0.4) is 0 Å². The zero-order valence-electron chi connectivity index (χ0n) is 27.2. The summed E-state index contributed by atoms with van der Waals surface area (Å²) in [7, 11) is -3.60. The number of nitrogens with one attached hydrogen (secondary N) is 2. The Morgan fingerprint density at radius 2 is 1.70 bits per heavy atom. The summed E-state index contributed by atoms with van der Waals surface area (Å²) in [6.07, 6.45) is 9.81.